The molecule has 2 aliphatic rings. The van der Waals surface area contributed by atoms with Gasteiger partial charge >= 0.3 is 5.63 Å². The van der Waals surface area contributed by atoms with Gasteiger partial charge in [-0.05, 0) is 36.7 Å². The van der Waals surface area contributed by atoms with Crippen molar-refractivity contribution in [2.75, 3.05) is 0 Å². The summed E-state index contributed by atoms with van der Waals surface area (Å²) in [7, 11) is 0. The van der Waals surface area contributed by atoms with E-state index < -0.39 is 17.4 Å². The molecule has 0 unspecified atom stereocenters. The maximum atomic E-state index is 11.9. The highest BCUT2D eigenvalue weighted by Crippen LogP contribution is 2.48. The van der Waals surface area contributed by atoms with Crippen molar-refractivity contribution in [2.24, 2.45) is 5.41 Å². The minimum Gasteiger partial charge on any atom is -0.426 e. The summed E-state index contributed by atoms with van der Waals surface area (Å²) in [6.45, 7) is 2.20. The molecule has 5 nitrogen and oxygen atoms in total. The number of carbonyl (C=O) groups excluding carboxylic acids is 2. The van der Waals surface area contributed by atoms with Crippen LogP contribution in [0.3, 0.4) is 0 Å². The van der Waals surface area contributed by atoms with E-state index in [9.17, 15) is 14.4 Å². The summed E-state index contributed by atoms with van der Waals surface area (Å²) in [5.74, 6) is -0.671. The first-order chi connectivity index (χ1) is 8.97. The largest absolute Gasteiger partial charge is 0.426 e. The van der Waals surface area contributed by atoms with Crippen LogP contribution < -0.4 is 10.9 Å². The molecule has 1 aromatic heterocycles. The van der Waals surface area contributed by atoms with E-state index in [1.807, 2.05) is 0 Å². The van der Waals surface area contributed by atoms with Gasteiger partial charge in [-0.3, -0.25) is 14.9 Å². The van der Waals surface area contributed by atoms with Crippen LogP contribution in [0.1, 0.15) is 47.9 Å². The summed E-state index contributed by atoms with van der Waals surface area (Å²) in [5, 5.41) is 2.27. The van der Waals surface area contributed by atoms with E-state index in [1.54, 1.807) is 0 Å². The van der Waals surface area contributed by atoms with Gasteiger partial charge in [-0.25, -0.2) is 4.79 Å². The van der Waals surface area contributed by atoms with Gasteiger partial charge < -0.3 is 4.42 Å². The molecule has 2 heterocycles. The lowest BCUT2D eigenvalue weighted by Crippen LogP contribution is -2.38. The Kier molecular flexibility index (Phi) is 2.59. The van der Waals surface area contributed by atoms with Gasteiger partial charge in [-0.2, -0.15) is 0 Å². The van der Waals surface area contributed by atoms with E-state index in [4.69, 9.17) is 4.42 Å². The van der Waals surface area contributed by atoms with Crippen molar-refractivity contribution in [3.05, 3.63) is 33.4 Å². The van der Waals surface area contributed by atoms with Crippen LogP contribution in [-0.2, 0) is 17.6 Å². The Balaban J connectivity index is 1.96. The first-order valence-electron chi connectivity index (χ1n) is 6.47. The second kappa shape index (κ2) is 4.05. The number of imide groups is 1. The van der Waals surface area contributed by atoms with Gasteiger partial charge in [0, 0.05) is 6.07 Å². The third kappa shape index (κ3) is 2.32. The van der Waals surface area contributed by atoms with E-state index in [0.717, 1.165) is 6.42 Å². The van der Waals surface area contributed by atoms with Gasteiger partial charge in [-0.1, -0.05) is 6.92 Å². The fourth-order valence-electron chi connectivity index (χ4n) is 2.47. The Labute approximate surface area is 110 Å². The van der Waals surface area contributed by atoms with Crippen molar-refractivity contribution in [3.8, 4) is 0 Å². The van der Waals surface area contributed by atoms with Crippen molar-refractivity contribution in [1.82, 2.24) is 5.32 Å². The fraction of sp³-hybridized carbons (Fsp3) is 0.500. The van der Waals surface area contributed by atoms with Crippen LogP contribution in [0, 0.1) is 5.41 Å². The van der Waals surface area contributed by atoms with Crippen LogP contribution in [0.15, 0.2) is 15.3 Å². The zero-order valence-electron chi connectivity index (χ0n) is 10.7. The summed E-state index contributed by atoms with van der Waals surface area (Å²) in [4.78, 5) is 34.7. The van der Waals surface area contributed by atoms with Crippen LogP contribution in [0.5, 0.6) is 0 Å². The van der Waals surface area contributed by atoms with Gasteiger partial charge in [0.1, 0.15) is 5.76 Å². The summed E-state index contributed by atoms with van der Waals surface area (Å²) < 4.78 is 4.99. The summed E-state index contributed by atoms with van der Waals surface area (Å²) in [5.41, 5.74) is 0.939. The number of hydrogen-bond donors (Lipinski definition) is 1. The number of rotatable bonds is 3. The van der Waals surface area contributed by atoms with Crippen LogP contribution >= 0.6 is 0 Å². The SMILES string of the molecule is CC1(CCc2cc(=O)oc3c2C(=O)NC(=O)C3)CC1. The number of hydrogen-bond acceptors (Lipinski definition) is 4. The van der Waals surface area contributed by atoms with Crippen molar-refractivity contribution in [2.45, 2.75) is 39.0 Å². The number of nitrogens with one attached hydrogen (secondary N) is 1. The minimum atomic E-state index is -0.489. The molecule has 1 fully saturated rings. The molecule has 100 valence electrons. The predicted octanol–water partition coefficient (Wildman–Crippen LogP) is 1.18. The number of carbonyl (C=O) groups is 2. The Morgan fingerprint density at radius 3 is 2.74 bits per heavy atom. The van der Waals surface area contributed by atoms with Gasteiger partial charge in [0.15, 0.2) is 0 Å². The maximum Gasteiger partial charge on any atom is 0.336 e. The molecule has 1 aliphatic carbocycles. The topological polar surface area (TPSA) is 76.4 Å². The van der Waals surface area contributed by atoms with Crippen LogP contribution in [0.2, 0.25) is 0 Å². The standard InChI is InChI=1S/C14H15NO4/c1-14(4-5-14)3-2-8-6-11(17)19-9-7-10(16)15-13(18)12(8)9/h6H,2-5,7H2,1H3,(H,15,16,18). The number of fused-ring (bicyclic) bond motifs is 1. The Bertz CT molecular complexity index is 625. The average Bonchev–Trinajstić information content (AvgIpc) is 3.03. The highest BCUT2D eigenvalue weighted by molar-refractivity contribution is 6.09. The molecule has 0 saturated heterocycles. The summed E-state index contributed by atoms with van der Waals surface area (Å²) >= 11 is 0. The molecule has 0 atom stereocenters. The van der Waals surface area contributed by atoms with Crippen molar-refractivity contribution in [3.63, 3.8) is 0 Å². The lowest BCUT2D eigenvalue weighted by atomic mass is 9.94. The second-order valence-corrected chi connectivity index (χ2v) is 5.75. The van der Waals surface area contributed by atoms with Gasteiger partial charge in [0.05, 0.1) is 12.0 Å². The monoisotopic (exact) mass is 261 g/mol. The molecule has 1 aromatic rings. The van der Waals surface area contributed by atoms with Crippen LogP contribution in [0.25, 0.3) is 0 Å². The van der Waals surface area contributed by atoms with E-state index in [1.165, 1.54) is 18.9 Å². The fourth-order valence-corrected chi connectivity index (χ4v) is 2.47. The van der Waals surface area contributed by atoms with Crippen molar-refractivity contribution < 1.29 is 14.0 Å². The molecule has 2 amide bonds. The smallest absolute Gasteiger partial charge is 0.336 e. The second-order valence-electron chi connectivity index (χ2n) is 5.75. The molecular weight excluding hydrogens is 246 g/mol. The minimum absolute atomic E-state index is 0.0403. The molecule has 3 rings (SSSR count). The number of amides is 2. The lowest BCUT2D eigenvalue weighted by Gasteiger charge is -2.17. The van der Waals surface area contributed by atoms with E-state index >= 15 is 0 Å². The van der Waals surface area contributed by atoms with Gasteiger partial charge in [0.2, 0.25) is 5.91 Å². The Morgan fingerprint density at radius 1 is 1.32 bits per heavy atom. The quantitative estimate of drug-likeness (QED) is 0.829. The average molecular weight is 261 g/mol. The Morgan fingerprint density at radius 2 is 2.05 bits per heavy atom. The van der Waals surface area contributed by atoms with Gasteiger partial charge in [-0.15, -0.1) is 0 Å². The molecule has 1 saturated carbocycles. The van der Waals surface area contributed by atoms with Crippen molar-refractivity contribution in [1.29, 1.82) is 0 Å². The number of aryl methyl sites for hydroxylation is 1. The molecule has 0 radical (unpaired) electrons. The van der Waals surface area contributed by atoms with Crippen LogP contribution in [0.4, 0.5) is 0 Å². The highest BCUT2D eigenvalue weighted by atomic mass is 16.4. The molecule has 1 aliphatic heterocycles. The molecule has 5 heteroatoms. The lowest BCUT2D eigenvalue weighted by molar-refractivity contribution is -0.120. The van der Waals surface area contributed by atoms with Crippen LogP contribution in [-0.4, -0.2) is 11.8 Å². The zero-order valence-corrected chi connectivity index (χ0v) is 10.7. The summed E-state index contributed by atoms with van der Waals surface area (Å²) in [6, 6.07) is 1.37. The van der Waals surface area contributed by atoms with Crippen molar-refractivity contribution >= 4 is 11.8 Å². The van der Waals surface area contributed by atoms with E-state index in [-0.39, 0.29) is 12.2 Å². The Hall–Kier alpha value is -1.91. The highest BCUT2D eigenvalue weighted by Gasteiger charge is 2.37. The van der Waals surface area contributed by atoms with E-state index in [0.29, 0.717) is 23.0 Å². The molecular formula is C14H15NO4. The third-order valence-corrected chi connectivity index (χ3v) is 4.02. The van der Waals surface area contributed by atoms with E-state index in [2.05, 4.69) is 12.2 Å². The molecule has 0 bridgehead atoms. The normalized spacial score (nSPS) is 19.8. The summed E-state index contributed by atoms with van der Waals surface area (Å²) in [6.07, 6.45) is 3.97. The third-order valence-electron chi connectivity index (χ3n) is 4.02. The maximum absolute atomic E-state index is 11.9. The molecule has 1 N–H and O–H groups in total. The molecule has 0 spiro atoms. The first kappa shape index (κ1) is 12.1. The predicted molar refractivity (Wildman–Crippen MR) is 66.8 cm³/mol. The first-order valence-corrected chi connectivity index (χ1v) is 6.47. The molecule has 19 heavy (non-hydrogen) atoms. The molecule has 0 aromatic carbocycles. The van der Waals surface area contributed by atoms with Gasteiger partial charge in [0.25, 0.3) is 5.91 Å². The zero-order chi connectivity index (χ0) is 13.6.